The van der Waals surface area contributed by atoms with Crippen LogP contribution in [0.3, 0.4) is 0 Å². The zero-order chi connectivity index (χ0) is 14.3. The second-order valence-corrected chi connectivity index (χ2v) is 4.45. The number of alkyl halides is 1. The quantitative estimate of drug-likeness (QED) is 0.595. The van der Waals surface area contributed by atoms with E-state index in [2.05, 4.69) is 22.0 Å². The number of carbonyl (C=O) groups excluding carboxylic acids is 2. The number of ketones is 1. The van der Waals surface area contributed by atoms with Crippen molar-refractivity contribution in [3.05, 3.63) is 34.9 Å². The molecule has 1 aromatic rings. The summed E-state index contributed by atoms with van der Waals surface area (Å²) in [7, 11) is 0. The molecule has 1 aromatic carbocycles. The summed E-state index contributed by atoms with van der Waals surface area (Å²) in [5.41, 5.74) is 1.88. The Labute approximate surface area is 120 Å². The summed E-state index contributed by atoms with van der Waals surface area (Å²) < 4.78 is 4.92. The summed E-state index contributed by atoms with van der Waals surface area (Å²) in [6.45, 7) is 2.03. The Morgan fingerprint density at radius 1 is 1.37 bits per heavy atom. The first-order valence-electron chi connectivity index (χ1n) is 5.85. The maximum Gasteiger partial charge on any atom is 0.338 e. The smallest absolute Gasteiger partial charge is 0.338 e. The van der Waals surface area contributed by atoms with E-state index in [9.17, 15) is 9.59 Å². The number of hydrogen-bond acceptors (Lipinski definition) is 4. The molecule has 19 heavy (non-hydrogen) atoms. The monoisotopic (exact) mass is 323 g/mol. The van der Waals surface area contributed by atoms with Gasteiger partial charge in [-0.05, 0) is 30.2 Å². The Morgan fingerprint density at radius 3 is 2.68 bits per heavy atom. The van der Waals surface area contributed by atoms with E-state index >= 15 is 0 Å². The minimum Gasteiger partial charge on any atom is -0.462 e. The molecule has 5 heteroatoms. The number of halogens is 1. The molecule has 1 rings (SSSR count). The van der Waals surface area contributed by atoms with Gasteiger partial charge in [-0.25, -0.2) is 4.79 Å². The number of nitrogens with zero attached hydrogens (tertiary/aromatic N) is 1. The fourth-order valence-electron chi connectivity index (χ4n) is 1.65. The summed E-state index contributed by atoms with van der Waals surface area (Å²) in [5, 5.41) is 9.01. The summed E-state index contributed by atoms with van der Waals surface area (Å²) in [5.74, 6) is -0.418. The maximum atomic E-state index is 11.6. The van der Waals surface area contributed by atoms with Gasteiger partial charge >= 0.3 is 5.97 Å². The molecule has 0 atom stereocenters. The van der Waals surface area contributed by atoms with Gasteiger partial charge in [-0.3, -0.25) is 4.79 Å². The minimum absolute atomic E-state index is 0.000184. The molecule has 0 spiro atoms. The molecule has 0 aliphatic carbocycles. The lowest BCUT2D eigenvalue weighted by Gasteiger charge is -2.08. The molecule has 0 bridgehead atoms. The summed E-state index contributed by atoms with van der Waals surface area (Å²) in [4.78, 5) is 23.1. The van der Waals surface area contributed by atoms with Crippen LogP contribution >= 0.6 is 15.9 Å². The SMILES string of the molecule is CCOC(=O)c1ccc(CC#N)c(CC(=O)CBr)c1. The van der Waals surface area contributed by atoms with E-state index in [0.717, 1.165) is 5.56 Å². The van der Waals surface area contributed by atoms with Crippen molar-refractivity contribution in [2.75, 3.05) is 11.9 Å². The molecule has 0 fully saturated rings. The van der Waals surface area contributed by atoms with Crippen LogP contribution < -0.4 is 0 Å². The van der Waals surface area contributed by atoms with Gasteiger partial charge in [0.05, 0.1) is 30.0 Å². The molecule has 4 nitrogen and oxygen atoms in total. The van der Waals surface area contributed by atoms with Crippen molar-refractivity contribution in [1.82, 2.24) is 0 Å². The predicted octanol–water partition coefficient (Wildman–Crippen LogP) is 2.44. The van der Waals surface area contributed by atoms with Gasteiger partial charge in [-0.1, -0.05) is 22.0 Å². The van der Waals surface area contributed by atoms with Gasteiger partial charge in [-0.2, -0.15) is 5.26 Å². The normalized spacial score (nSPS) is 9.74. The van der Waals surface area contributed by atoms with Crippen molar-refractivity contribution in [2.24, 2.45) is 0 Å². The predicted molar refractivity (Wildman–Crippen MR) is 74.2 cm³/mol. The highest BCUT2D eigenvalue weighted by molar-refractivity contribution is 9.09. The molecule has 0 saturated carbocycles. The average molecular weight is 324 g/mol. The zero-order valence-corrected chi connectivity index (χ0v) is 12.2. The lowest BCUT2D eigenvalue weighted by molar-refractivity contribution is -0.115. The van der Waals surface area contributed by atoms with E-state index in [-0.39, 0.29) is 24.0 Å². The lowest BCUT2D eigenvalue weighted by atomic mass is 9.98. The van der Waals surface area contributed by atoms with Gasteiger partial charge in [0.25, 0.3) is 0 Å². The van der Waals surface area contributed by atoms with Crippen LogP contribution in [0.1, 0.15) is 28.4 Å². The fraction of sp³-hybridized carbons (Fsp3) is 0.357. The third kappa shape index (κ3) is 4.49. The zero-order valence-electron chi connectivity index (χ0n) is 10.6. The number of nitriles is 1. The van der Waals surface area contributed by atoms with E-state index in [4.69, 9.17) is 10.00 Å². The number of carbonyl (C=O) groups is 2. The first-order valence-corrected chi connectivity index (χ1v) is 6.98. The van der Waals surface area contributed by atoms with Gasteiger partial charge in [0.1, 0.15) is 5.78 Å². The molecule has 0 heterocycles. The Kier molecular flexibility index (Phi) is 6.23. The lowest BCUT2D eigenvalue weighted by Crippen LogP contribution is -2.10. The third-order valence-electron chi connectivity index (χ3n) is 2.52. The van der Waals surface area contributed by atoms with Crippen LogP contribution in [0.5, 0.6) is 0 Å². The molecule has 0 aliphatic rings. The minimum atomic E-state index is -0.418. The van der Waals surface area contributed by atoms with Gasteiger partial charge in [0.2, 0.25) is 0 Å². The van der Waals surface area contributed by atoms with Crippen LogP contribution in [0.2, 0.25) is 0 Å². The molecule has 0 unspecified atom stereocenters. The van der Waals surface area contributed by atoms with Crippen molar-refractivity contribution >= 4 is 27.7 Å². The van der Waals surface area contributed by atoms with E-state index in [1.165, 1.54) is 0 Å². The van der Waals surface area contributed by atoms with Gasteiger partial charge < -0.3 is 4.74 Å². The summed E-state index contributed by atoms with van der Waals surface area (Å²) >= 11 is 3.10. The molecule has 0 N–H and O–H groups in total. The standard InChI is InChI=1S/C14H14BrNO3/c1-2-19-14(18)11-4-3-10(5-6-16)12(7-11)8-13(17)9-15/h3-4,7H,2,5,8-9H2,1H3. The molecule has 0 radical (unpaired) electrons. The third-order valence-corrected chi connectivity index (χ3v) is 3.15. The molecule has 0 amide bonds. The molecular formula is C14H14BrNO3. The van der Waals surface area contributed by atoms with Crippen molar-refractivity contribution in [3.63, 3.8) is 0 Å². The number of rotatable bonds is 6. The Bertz CT molecular complexity index is 520. The second kappa shape index (κ2) is 7.70. The first-order chi connectivity index (χ1) is 9.12. The van der Waals surface area contributed by atoms with E-state index in [0.29, 0.717) is 17.7 Å². The maximum absolute atomic E-state index is 11.6. The average Bonchev–Trinajstić information content (AvgIpc) is 2.41. The largest absolute Gasteiger partial charge is 0.462 e. The van der Waals surface area contributed by atoms with Gasteiger partial charge in [0.15, 0.2) is 0 Å². The molecule has 0 aliphatic heterocycles. The fourth-order valence-corrected chi connectivity index (χ4v) is 1.85. The Balaban J connectivity index is 3.07. The Hall–Kier alpha value is -1.67. The second-order valence-electron chi connectivity index (χ2n) is 3.89. The van der Waals surface area contributed by atoms with E-state index in [1.54, 1.807) is 25.1 Å². The van der Waals surface area contributed by atoms with Crippen LogP contribution in [0.4, 0.5) is 0 Å². The number of hydrogen-bond donors (Lipinski definition) is 0. The van der Waals surface area contributed by atoms with Crippen molar-refractivity contribution in [1.29, 1.82) is 5.26 Å². The molecule has 0 aromatic heterocycles. The van der Waals surface area contributed by atoms with Crippen LogP contribution in [0.15, 0.2) is 18.2 Å². The molecule has 100 valence electrons. The topological polar surface area (TPSA) is 67.2 Å². The van der Waals surface area contributed by atoms with Crippen LogP contribution in [0, 0.1) is 11.3 Å². The summed E-state index contributed by atoms with van der Waals surface area (Å²) in [6.07, 6.45) is 0.420. The van der Waals surface area contributed by atoms with Crippen molar-refractivity contribution in [3.8, 4) is 6.07 Å². The van der Waals surface area contributed by atoms with E-state index in [1.807, 2.05) is 0 Å². The van der Waals surface area contributed by atoms with Crippen molar-refractivity contribution < 1.29 is 14.3 Å². The molecule has 0 saturated heterocycles. The van der Waals surface area contributed by atoms with Gasteiger partial charge in [-0.15, -0.1) is 0 Å². The number of esters is 1. The number of benzene rings is 1. The van der Waals surface area contributed by atoms with Crippen molar-refractivity contribution in [2.45, 2.75) is 19.8 Å². The number of ether oxygens (including phenoxy) is 1. The highest BCUT2D eigenvalue weighted by Gasteiger charge is 2.12. The molecular weight excluding hydrogens is 310 g/mol. The van der Waals surface area contributed by atoms with Gasteiger partial charge in [0, 0.05) is 6.42 Å². The number of Topliss-reactive ketones (excluding diaryl/α,β-unsaturated/α-hetero) is 1. The van der Waals surface area contributed by atoms with Crippen LogP contribution in [-0.4, -0.2) is 23.7 Å². The first kappa shape index (κ1) is 15.4. The highest BCUT2D eigenvalue weighted by atomic mass is 79.9. The summed E-state index contributed by atoms with van der Waals surface area (Å²) in [6, 6.07) is 7.00. The highest BCUT2D eigenvalue weighted by Crippen LogP contribution is 2.15. The van der Waals surface area contributed by atoms with E-state index < -0.39 is 5.97 Å². The van der Waals surface area contributed by atoms with Crippen LogP contribution in [0.25, 0.3) is 0 Å². The van der Waals surface area contributed by atoms with Crippen LogP contribution in [-0.2, 0) is 22.4 Å². The Morgan fingerprint density at radius 2 is 2.11 bits per heavy atom.